The van der Waals surface area contributed by atoms with Crippen molar-refractivity contribution in [3.8, 4) is 0 Å². The summed E-state index contributed by atoms with van der Waals surface area (Å²) >= 11 is 1.38. The quantitative estimate of drug-likeness (QED) is 0.423. The van der Waals surface area contributed by atoms with E-state index in [0.29, 0.717) is 4.88 Å². The van der Waals surface area contributed by atoms with Crippen LogP contribution in [0.15, 0.2) is 30.2 Å². The minimum absolute atomic E-state index is 0.0134. The second kappa shape index (κ2) is 6.14. The van der Waals surface area contributed by atoms with Crippen molar-refractivity contribution in [2.45, 2.75) is 12.8 Å². The van der Waals surface area contributed by atoms with Crippen molar-refractivity contribution in [2.24, 2.45) is 0 Å². The Morgan fingerprint density at radius 3 is 2.87 bits per heavy atom. The molecule has 1 aromatic heterocycles. The molecule has 0 radical (unpaired) electrons. The minimum Gasteiger partial charge on any atom is -0.461 e. The molecule has 0 saturated heterocycles. The predicted octanol–water partition coefficient (Wildman–Crippen LogP) is 2.44. The van der Waals surface area contributed by atoms with Crippen LogP contribution >= 0.6 is 11.3 Å². The molecule has 80 valence electrons. The van der Waals surface area contributed by atoms with E-state index in [1.807, 2.05) is 11.4 Å². The van der Waals surface area contributed by atoms with Crippen LogP contribution in [0.2, 0.25) is 0 Å². The Labute approximate surface area is 92.4 Å². The van der Waals surface area contributed by atoms with Gasteiger partial charge in [-0.25, -0.2) is 0 Å². The molecule has 3 nitrogen and oxygen atoms in total. The van der Waals surface area contributed by atoms with Gasteiger partial charge in [-0.1, -0.05) is 18.7 Å². The average Bonchev–Trinajstić information content (AvgIpc) is 2.76. The molecular weight excluding hydrogens is 212 g/mol. The summed E-state index contributed by atoms with van der Waals surface area (Å²) in [6.07, 6.45) is 1.83. The van der Waals surface area contributed by atoms with Gasteiger partial charge in [0.05, 0.1) is 11.3 Å². The first-order valence-electron chi connectivity index (χ1n) is 4.57. The highest BCUT2D eigenvalue weighted by Gasteiger charge is 2.10. The Balaban J connectivity index is 2.28. The molecule has 1 heterocycles. The predicted molar refractivity (Wildman–Crippen MR) is 59.0 cm³/mol. The molecule has 15 heavy (non-hydrogen) atoms. The number of ether oxygens (including phenoxy) is 1. The molecule has 1 rings (SSSR count). The number of thiophene rings is 1. The lowest BCUT2D eigenvalue weighted by molar-refractivity contribution is -0.142. The molecule has 0 fully saturated rings. The largest absolute Gasteiger partial charge is 0.461 e. The molecule has 0 N–H and O–H groups in total. The van der Waals surface area contributed by atoms with Crippen molar-refractivity contribution in [3.05, 3.63) is 35.0 Å². The third-order valence-corrected chi connectivity index (χ3v) is 2.63. The molecule has 0 aliphatic carbocycles. The highest BCUT2D eigenvalue weighted by molar-refractivity contribution is 7.12. The van der Waals surface area contributed by atoms with Gasteiger partial charge < -0.3 is 4.74 Å². The van der Waals surface area contributed by atoms with Crippen LogP contribution in [-0.4, -0.2) is 18.4 Å². The van der Waals surface area contributed by atoms with Crippen LogP contribution in [0, 0.1) is 0 Å². The number of carbonyl (C=O) groups is 2. The summed E-state index contributed by atoms with van der Waals surface area (Å²) in [6, 6.07) is 3.57. The standard InChI is InChI=1S/C11H12O3S/c1-2-7-14-11(13)6-5-9(12)10-4-3-8-15-10/h2-4,8H,1,5-7H2. The van der Waals surface area contributed by atoms with Crippen LogP contribution in [0.4, 0.5) is 0 Å². The Hall–Kier alpha value is -1.42. The van der Waals surface area contributed by atoms with Gasteiger partial charge in [-0.15, -0.1) is 11.3 Å². The summed E-state index contributed by atoms with van der Waals surface area (Å²) in [4.78, 5) is 23.2. The van der Waals surface area contributed by atoms with Crippen molar-refractivity contribution in [1.29, 1.82) is 0 Å². The zero-order chi connectivity index (χ0) is 11.1. The van der Waals surface area contributed by atoms with E-state index in [1.165, 1.54) is 17.4 Å². The maximum absolute atomic E-state index is 11.5. The Morgan fingerprint density at radius 1 is 1.47 bits per heavy atom. The molecule has 4 heteroatoms. The molecule has 0 spiro atoms. The van der Waals surface area contributed by atoms with E-state index in [-0.39, 0.29) is 31.2 Å². The fourth-order valence-electron chi connectivity index (χ4n) is 1.00. The van der Waals surface area contributed by atoms with E-state index in [2.05, 4.69) is 6.58 Å². The molecule has 0 aliphatic heterocycles. The number of hydrogen-bond acceptors (Lipinski definition) is 4. The number of rotatable bonds is 6. The normalized spacial score (nSPS) is 9.60. The van der Waals surface area contributed by atoms with Gasteiger partial charge in [-0.3, -0.25) is 9.59 Å². The zero-order valence-corrected chi connectivity index (χ0v) is 9.09. The van der Waals surface area contributed by atoms with Gasteiger partial charge in [-0.2, -0.15) is 0 Å². The van der Waals surface area contributed by atoms with Gasteiger partial charge in [0.25, 0.3) is 0 Å². The third-order valence-electron chi connectivity index (χ3n) is 1.71. The first-order valence-corrected chi connectivity index (χ1v) is 5.45. The minimum atomic E-state index is -0.361. The monoisotopic (exact) mass is 224 g/mol. The van der Waals surface area contributed by atoms with E-state index in [9.17, 15) is 9.59 Å². The van der Waals surface area contributed by atoms with Crippen molar-refractivity contribution in [1.82, 2.24) is 0 Å². The molecular formula is C11H12O3S. The average molecular weight is 224 g/mol. The smallest absolute Gasteiger partial charge is 0.306 e. The number of ketones is 1. The van der Waals surface area contributed by atoms with Crippen LogP contribution in [0.3, 0.4) is 0 Å². The molecule has 1 aromatic rings. The van der Waals surface area contributed by atoms with E-state index < -0.39 is 0 Å². The van der Waals surface area contributed by atoms with Crippen molar-refractivity contribution >= 4 is 23.1 Å². The number of esters is 1. The summed E-state index contributed by atoms with van der Waals surface area (Å²) in [5.74, 6) is -0.375. The first-order chi connectivity index (χ1) is 7.24. The lowest BCUT2D eigenvalue weighted by Crippen LogP contribution is -2.07. The molecule has 0 amide bonds. The van der Waals surface area contributed by atoms with Gasteiger partial charge in [0.15, 0.2) is 5.78 Å². The van der Waals surface area contributed by atoms with E-state index in [4.69, 9.17) is 4.74 Å². The second-order valence-corrected chi connectivity index (χ2v) is 3.82. The number of carbonyl (C=O) groups excluding carboxylic acids is 2. The maximum Gasteiger partial charge on any atom is 0.306 e. The van der Waals surface area contributed by atoms with Crippen LogP contribution in [0.5, 0.6) is 0 Å². The molecule has 0 atom stereocenters. The zero-order valence-electron chi connectivity index (χ0n) is 8.27. The third kappa shape index (κ3) is 4.08. The van der Waals surface area contributed by atoms with Gasteiger partial charge >= 0.3 is 5.97 Å². The topological polar surface area (TPSA) is 43.4 Å². The highest BCUT2D eigenvalue weighted by Crippen LogP contribution is 2.12. The van der Waals surface area contributed by atoms with E-state index in [0.717, 1.165) is 0 Å². The summed E-state index contributed by atoms with van der Waals surface area (Å²) in [5.41, 5.74) is 0. The fourth-order valence-corrected chi connectivity index (χ4v) is 1.69. The molecule has 0 unspecified atom stereocenters. The van der Waals surface area contributed by atoms with Crippen LogP contribution in [-0.2, 0) is 9.53 Å². The fraction of sp³-hybridized carbons (Fsp3) is 0.273. The lowest BCUT2D eigenvalue weighted by Gasteiger charge is -2.00. The molecule has 0 aromatic carbocycles. The van der Waals surface area contributed by atoms with Crippen molar-refractivity contribution < 1.29 is 14.3 Å². The van der Waals surface area contributed by atoms with Crippen molar-refractivity contribution in [3.63, 3.8) is 0 Å². The Morgan fingerprint density at radius 2 is 2.27 bits per heavy atom. The highest BCUT2D eigenvalue weighted by atomic mass is 32.1. The number of Topliss-reactive ketones (excluding diaryl/α,β-unsaturated/α-hetero) is 1. The van der Waals surface area contributed by atoms with Gasteiger partial charge in [-0.05, 0) is 11.4 Å². The van der Waals surface area contributed by atoms with Gasteiger partial charge in [0.2, 0.25) is 0 Å². The Bertz CT molecular complexity index is 341. The number of hydrogen-bond donors (Lipinski definition) is 0. The summed E-state index contributed by atoms with van der Waals surface area (Å²) in [5, 5.41) is 1.84. The maximum atomic E-state index is 11.5. The van der Waals surface area contributed by atoms with Crippen molar-refractivity contribution in [2.75, 3.05) is 6.61 Å². The molecule has 0 saturated carbocycles. The molecule has 0 bridgehead atoms. The van der Waals surface area contributed by atoms with E-state index in [1.54, 1.807) is 6.07 Å². The van der Waals surface area contributed by atoms with Gasteiger partial charge in [0.1, 0.15) is 6.61 Å². The van der Waals surface area contributed by atoms with Crippen LogP contribution < -0.4 is 0 Å². The SMILES string of the molecule is C=CCOC(=O)CCC(=O)c1cccs1. The summed E-state index contributed by atoms with van der Waals surface area (Å²) in [6.45, 7) is 3.63. The summed E-state index contributed by atoms with van der Waals surface area (Å²) < 4.78 is 4.75. The van der Waals surface area contributed by atoms with Crippen LogP contribution in [0.25, 0.3) is 0 Å². The lowest BCUT2D eigenvalue weighted by atomic mass is 10.2. The van der Waals surface area contributed by atoms with Gasteiger partial charge in [0, 0.05) is 6.42 Å². The molecule has 0 aliphatic rings. The van der Waals surface area contributed by atoms with E-state index >= 15 is 0 Å². The summed E-state index contributed by atoms with van der Waals surface area (Å²) in [7, 11) is 0. The van der Waals surface area contributed by atoms with Crippen LogP contribution in [0.1, 0.15) is 22.5 Å². The Kier molecular flexibility index (Phi) is 4.77. The first kappa shape index (κ1) is 11.7. The second-order valence-electron chi connectivity index (χ2n) is 2.87.